The number of carbonyl (C=O) groups is 1. The molecule has 2 aliphatic heterocycles. The van der Waals surface area contributed by atoms with Gasteiger partial charge in [-0.1, -0.05) is 36.8 Å². The van der Waals surface area contributed by atoms with Crippen LogP contribution in [0.15, 0.2) is 48.5 Å². The van der Waals surface area contributed by atoms with Crippen LogP contribution in [0.2, 0.25) is 0 Å². The zero-order valence-corrected chi connectivity index (χ0v) is 20.9. The van der Waals surface area contributed by atoms with Crippen LogP contribution in [0.1, 0.15) is 53.7 Å². The van der Waals surface area contributed by atoms with Crippen molar-refractivity contribution in [3.05, 3.63) is 71.0 Å². The molecule has 3 heterocycles. The molecule has 1 atom stereocenters. The minimum atomic E-state index is -0.317. The molecule has 3 aromatic rings. The van der Waals surface area contributed by atoms with Crippen LogP contribution in [-0.2, 0) is 0 Å². The fraction of sp³-hybridized carbons (Fsp3) is 0.393. The second-order valence-electron chi connectivity index (χ2n) is 9.60. The lowest BCUT2D eigenvalue weighted by Crippen LogP contribution is -2.45. The first-order chi connectivity index (χ1) is 17.5. The molecule has 1 amide bonds. The molecule has 0 radical (unpaired) electrons. The molecule has 2 aromatic carbocycles. The first-order valence-electron chi connectivity index (χ1n) is 12.8. The molecule has 0 saturated carbocycles. The van der Waals surface area contributed by atoms with Gasteiger partial charge in [0, 0.05) is 18.7 Å². The van der Waals surface area contributed by atoms with E-state index in [1.807, 2.05) is 25.1 Å². The van der Waals surface area contributed by atoms with Gasteiger partial charge in [0.15, 0.2) is 0 Å². The number of hydrogen-bond acceptors (Lipinski definition) is 6. The number of aromatic nitrogens is 2. The van der Waals surface area contributed by atoms with Gasteiger partial charge in [0.05, 0.1) is 18.4 Å². The van der Waals surface area contributed by atoms with Crippen molar-refractivity contribution in [2.24, 2.45) is 0 Å². The number of piperidine rings is 1. The van der Waals surface area contributed by atoms with Gasteiger partial charge in [0.2, 0.25) is 5.95 Å². The monoisotopic (exact) mass is 488 g/mol. The van der Waals surface area contributed by atoms with E-state index >= 15 is 0 Å². The number of aryl methyl sites for hydroxylation is 1. The van der Waals surface area contributed by atoms with Crippen LogP contribution in [0.25, 0.3) is 11.3 Å². The normalized spacial score (nSPS) is 16.9. The van der Waals surface area contributed by atoms with Gasteiger partial charge in [-0.25, -0.2) is 9.37 Å². The van der Waals surface area contributed by atoms with Crippen LogP contribution in [0.4, 0.5) is 16.2 Å². The summed E-state index contributed by atoms with van der Waals surface area (Å²) in [5.41, 5.74) is 3.49. The second-order valence-corrected chi connectivity index (χ2v) is 9.60. The van der Waals surface area contributed by atoms with Crippen LogP contribution in [0.5, 0.6) is 0 Å². The molecule has 188 valence electrons. The number of anilines is 2. The molecule has 0 spiro atoms. The van der Waals surface area contributed by atoms with Crippen molar-refractivity contribution < 1.29 is 9.18 Å². The first-order valence-corrected chi connectivity index (χ1v) is 12.8. The lowest BCUT2D eigenvalue weighted by molar-refractivity contribution is 0.0946. The number of nitrogens with one attached hydrogen (secondary N) is 2. The Morgan fingerprint density at radius 3 is 2.61 bits per heavy atom. The zero-order valence-electron chi connectivity index (χ0n) is 20.9. The van der Waals surface area contributed by atoms with E-state index in [1.165, 1.54) is 31.4 Å². The molecule has 2 N–H and O–H groups in total. The van der Waals surface area contributed by atoms with E-state index in [2.05, 4.69) is 39.5 Å². The van der Waals surface area contributed by atoms with Crippen molar-refractivity contribution in [2.45, 2.75) is 39.2 Å². The average Bonchev–Trinajstić information content (AvgIpc) is 2.89. The van der Waals surface area contributed by atoms with Crippen LogP contribution < -0.4 is 15.5 Å². The van der Waals surface area contributed by atoms with Crippen LogP contribution in [-0.4, -0.2) is 53.6 Å². The number of fused-ring (bicyclic) bond motifs is 1. The molecule has 0 bridgehead atoms. The van der Waals surface area contributed by atoms with Gasteiger partial charge in [-0.15, -0.1) is 0 Å². The van der Waals surface area contributed by atoms with E-state index in [-0.39, 0.29) is 17.8 Å². The topological polar surface area (TPSA) is 73.4 Å². The van der Waals surface area contributed by atoms with Crippen molar-refractivity contribution in [1.82, 2.24) is 20.2 Å². The second kappa shape index (κ2) is 10.6. The summed E-state index contributed by atoms with van der Waals surface area (Å²) >= 11 is 0. The maximum absolute atomic E-state index is 13.9. The third-order valence-corrected chi connectivity index (χ3v) is 7.15. The largest absolute Gasteiger partial charge is 0.353 e. The fourth-order valence-corrected chi connectivity index (χ4v) is 5.09. The van der Waals surface area contributed by atoms with Crippen molar-refractivity contribution in [2.75, 3.05) is 43.1 Å². The van der Waals surface area contributed by atoms with Gasteiger partial charge in [-0.2, -0.15) is 4.98 Å². The van der Waals surface area contributed by atoms with E-state index < -0.39 is 0 Å². The van der Waals surface area contributed by atoms with E-state index in [1.54, 1.807) is 6.07 Å². The average molecular weight is 489 g/mol. The van der Waals surface area contributed by atoms with E-state index in [4.69, 9.17) is 9.97 Å². The van der Waals surface area contributed by atoms with Crippen molar-refractivity contribution in [3.8, 4) is 11.3 Å². The Balaban J connectivity index is 1.54. The summed E-state index contributed by atoms with van der Waals surface area (Å²) in [7, 11) is 0. The standard InChI is InChI=1S/C28H33FN6O/c1-19-17-22(29)11-12-23(19)25-24-26(33-28(32-25)30-13-16-34-14-7-4-8-15-34)35(18-31-27(24)36)20(2)21-9-5-3-6-10-21/h3,5-6,9-12,17,20H,4,7-8,13-16,18H2,1-2H3,(H,31,36)(H,30,32,33)/t20-/m0/s1. The molecule has 0 aliphatic carbocycles. The van der Waals surface area contributed by atoms with Crippen LogP contribution in [0, 0.1) is 12.7 Å². The highest BCUT2D eigenvalue weighted by molar-refractivity contribution is 6.06. The molecule has 1 saturated heterocycles. The van der Waals surface area contributed by atoms with Gasteiger partial charge in [0.25, 0.3) is 5.91 Å². The molecule has 1 fully saturated rings. The molecule has 7 nitrogen and oxygen atoms in total. The number of halogens is 1. The highest BCUT2D eigenvalue weighted by Gasteiger charge is 2.33. The molecule has 36 heavy (non-hydrogen) atoms. The quantitative estimate of drug-likeness (QED) is 0.500. The molecule has 5 rings (SSSR count). The Labute approximate surface area is 211 Å². The Kier molecular flexibility index (Phi) is 7.13. The minimum Gasteiger partial charge on any atom is -0.353 e. The van der Waals surface area contributed by atoms with Crippen LogP contribution in [0.3, 0.4) is 0 Å². The van der Waals surface area contributed by atoms with Gasteiger partial charge in [-0.3, -0.25) is 4.79 Å². The third-order valence-electron chi connectivity index (χ3n) is 7.15. The lowest BCUT2D eigenvalue weighted by Gasteiger charge is -2.36. The molecule has 2 aliphatic rings. The number of likely N-dealkylation sites (tertiary alicyclic amines) is 1. The summed E-state index contributed by atoms with van der Waals surface area (Å²) < 4.78 is 13.9. The molecular formula is C28H33FN6O. The highest BCUT2D eigenvalue weighted by atomic mass is 19.1. The summed E-state index contributed by atoms with van der Waals surface area (Å²) in [6.07, 6.45) is 3.78. The number of carbonyl (C=O) groups excluding carboxylic acids is 1. The Morgan fingerprint density at radius 1 is 1.08 bits per heavy atom. The summed E-state index contributed by atoms with van der Waals surface area (Å²) in [6, 6.07) is 14.7. The van der Waals surface area contributed by atoms with Crippen molar-refractivity contribution in [1.29, 1.82) is 0 Å². The molecule has 0 unspecified atom stereocenters. The summed E-state index contributed by atoms with van der Waals surface area (Å²) in [5, 5.41) is 6.39. The van der Waals surface area contributed by atoms with Crippen molar-refractivity contribution >= 4 is 17.7 Å². The Hall–Kier alpha value is -3.52. The maximum Gasteiger partial charge on any atom is 0.258 e. The molecule has 1 aromatic heterocycles. The lowest BCUT2D eigenvalue weighted by atomic mass is 9.98. The van der Waals surface area contributed by atoms with Gasteiger partial charge < -0.3 is 20.4 Å². The molecule has 8 heteroatoms. The number of nitrogens with zero attached hydrogens (tertiary/aromatic N) is 4. The minimum absolute atomic E-state index is 0.0242. The molecular weight excluding hydrogens is 455 g/mol. The first kappa shape index (κ1) is 24.2. The summed E-state index contributed by atoms with van der Waals surface area (Å²) in [6.45, 7) is 8.14. The number of benzene rings is 2. The fourth-order valence-electron chi connectivity index (χ4n) is 5.09. The number of rotatable bonds is 7. The maximum atomic E-state index is 13.9. The predicted molar refractivity (Wildman–Crippen MR) is 141 cm³/mol. The van der Waals surface area contributed by atoms with Gasteiger partial charge in [0.1, 0.15) is 17.2 Å². The number of hydrogen-bond donors (Lipinski definition) is 2. The predicted octanol–water partition coefficient (Wildman–Crippen LogP) is 4.76. The van der Waals surface area contributed by atoms with Crippen LogP contribution >= 0.6 is 0 Å². The zero-order chi connectivity index (χ0) is 25.1. The van der Waals surface area contributed by atoms with Crippen molar-refractivity contribution in [3.63, 3.8) is 0 Å². The van der Waals surface area contributed by atoms with E-state index in [0.29, 0.717) is 36.2 Å². The Bertz CT molecular complexity index is 1230. The summed E-state index contributed by atoms with van der Waals surface area (Å²) in [4.78, 5) is 27.4. The third kappa shape index (κ3) is 5.04. The van der Waals surface area contributed by atoms with E-state index in [9.17, 15) is 9.18 Å². The summed E-state index contributed by atoms with van der Waals surface area (Å²) in [5.74, 6) is 0.525. The van der Waals surface area contributed by atoms with Gasteiger partial charge in [-0.05, 0) is 69.1 Å². The van der Waals surface area contributed by atoms with Gasteiger partial charge >= 0.3 is 0 Å². The highest BCUT2D eigenvalue weighted by Crippen LogP contribution is 2.37. The SMILES string of the molecule is Cc1cc(F)ccc1-c1nc(NCCN2CCCCC2)nc2c1C(=O)NCN2[C@@H](C)c1ccccc1. The van der Waals surface area contributed by atoms with E-state index in [0.717, 1.165) is 36.3 Å². The smallest absolute Gasteiger partial charge is 0.258 e. The number of amides is 1. The Morgan fingerprint density at radius 2 is 1.86 bits per heavy atom.